The van der Waals surface area contributed by atoms with Crippen LogP contribution in [0.1, 0.15) is 24.0 Å². The van der Waals surface area contributed by atoms with Crippen LogP contribution in [0.5, 0.6) is 11.5 Å². The molecule has 0 amide bonds. The second-order valence-electron chi connectivity index (χ2n) is 6.76. The van der Waals surface area contributed by atoms with E-state index in [0.717, 1.165) is 12.8 Å². The van der Waals surface area contributed by atoms with E-state index in [2.05, 4.69) is 0 Å². The molecule has 0 aliphatic carbocycles. The van der Waals surface area contributed by atoms with Gasteiger partial charge in [0, 0.05) is 14.2 Å². The predicted molar refractivity (Wildman–Crippen MR) is 120 cm³/mol. The van der Waals surface area contributed by atoms with Gasteiger partial charge in [0.15, 0.2) is 0 Å². The van der Waals surface area contributed by atoms with Crippen molar-refractivity contribution in [2.24, 2.45) is 0 Å². The number of carboxylic acid groups (broad SMARTS) is 2. The first-order valence-corrected chi connectivity index (χ1v) is 10.3. The van der Waals surface area contributed by atoms with E-state index < -0.39 is 11.9 Å². The Bertz CT molecular complexity index is 704. The lowest BCUT2D eigenvalue weighted by Crippen LogP contribution is -2.04. The molecule has 2 aromatic carbocycles. The fraction of sp³-hybridized carbons (Fsp3) is 0.417. The molecule has 0 aromatic heterocycles. The Labute approximate surface area is 188 Å². The number of methoxy groups -OCH3 is 2. The summed E-state index contributed by atoms with van der Waals surface area (Å²) < 4.78 is 20.5. The number of hydrogen-bond donors (Lipinski definition) is 2. The number of rotatable bonds is 14. The molecule has 0 bridgehead atoms. The standard InChI is InChI=1S/2C12H16O4/c2*1-15-8-6-10-2-4-11(5-3-10)16-9-7-12(13)14/h2*2-5H,6-9H2,1H3,(H,13,14). The number of carbonyl (C=O) groups is 2. The summed E-state index contributed by atoms with van der Waals surface area (Å²) in [6.45, 7) is 1.79. The van der Waals surface area contributed by atoms with Crippen LogP contribution in [0, 0.1) is 0 Å². The van der Waals surface area contributed by atoms with Crippen molar-refractivity contribution in [3.8, 4) is 11.5 Å². The Morgan fingerprint density at radius 3 is 1.25 bits per heavy atom. The first-order valence-electron chi connectivity index (χ1n) is 10.3. The van der Waals surface area contributed by atoms with Gasteiger partial charge in [-0.25, -0.2) is 0 Å². The molecule has 0 heterocycles. The monoisotopic (exact) mass is 448 g/mol. The van der Waals surface area contributed by atoms with Gasteiger partial charge in [-0.1, -0.05) is 24.3 Å². The fourth-order valence-electron chi connectivity index (χ4n) is 2.46. The highest BCUT2D eigenvalue weighted by molar-refractivity contribution is 5.67. The molecule has 0 aliphatic heterocycles. The molecule has 8 heteroatoms. The van der Waals surface area contributed by atoms with Gasteiger partial charge in [-0.05, 0) is 48.2 Å². The van der Waals surface area contributed by atoms with Crippen molar-refractivity contribution < 1.29 is 38.7 Å². The van der Waals surface area contributed by atoms with Crippen molar-refractivity contribution in [3.05, 3.63) is 59.7 Å². The SMILES string of the molecule is COCCc1ccc(OCCC(=O)O)cc1.COCCc1ccc(OCCC(=O)O)cc1. The molecule has 0 unspecified atom stereocenters. The van der Waals surface area contributed by atoms with Gasteiger partial charge in [-0.2, -0.15) is 0 Å². The average Bonchev–Trinajstić information content (AvgIpc) is 2.78. The molecule has 0 radical (unpaired) electrons. The smallest absolute Gasteiger partial charge is 0.306 e. The van der Waals surface area contributed by atoms with Crippen LogP contribution in [0.3, 0.4) is 0 Å². The lowest BCUT2D eigenvalue weighted by Gasteiger charge is -2.05. The topological polar surface area (TPSA) is 112 Å². The Balaban J connectivity index is 0.000000320. The maximum absolute atomic E-state index is 10.3. The van der Waals surface area contributed by atoms with E-state index >= 15 is 0 Å². The zero-order valence-corrected chi connectivity index (χ0v) is 18.6. The van der Waals surface area contributed by atoms with Crippen molar-refractivity contribution in [3.63, 3.8) is 0 Å². The first kappa shape index (κ1) is 26.9. The van der Waals surface area contributed by atoms with Crippen LogP contribution in [-0.2, 0) is 31.9 Å². The van der Waals surface area contributed by atoms with Gasteiger partial charge < -0.3 is 29.2 Å². The summed E-state index contributed by atoms with van der Waals surface area (Å²) in [5.41, 5.74) is 2.35. The van der Waals surface area contributed by atoms with Gasteiger partial charge in [0.05, 0.1) is 39.3 Å². The summed E-state index contributed by atoms with van der Waals surface area (Å²) >= 11 is 0. The third kappa shape index (κ3) is 13.3. The second kappa shape index (κ2) is 16.6. The molecule has 0 saturated carbocycles. The number of aliphatic carboxylic acids is 2. The maximum Gasteiger partial charge on any atom is 0.306 e. The van der Waals surface area contributed by atoms with Crippen LogP contribution < -0.4 is 9.47 Å². The summed E-state index contributed by atoms with van der Waals surface area (Å²) in [4.78, 5) is 20.5. The van der Waals surface area contributed by atoms with Crippen molar-refractivity contribution in [1.29, 1.82) is 0 Å². The van der Waals surface area contributed by atoms with Gasteiger partial charge in [0.2, 0.25) is 0 Å². The molecule has 2 rings (SSSR count). The number of benzene rings is 2. The van der Waals surface area contributed by atoms with E-state index in [0.29, 0.717) is 24.7 Å². The highest BCUT2D eigenvalue weighted by Gasteiger charge is 2.00. The van der Waals surface area contributed by atoms with Crippen molar-refractivity contribution in [2.45, 2.75) is 25.7 Å². The van der Waals surface area contributed by atoms with Crippen molar-refractivity contribution in [2.75, 3.05) is 40.6 Å². The minimum atomic E-state index is -0.850. The van der Waals surface area contributed by atoms with Crippen LogP contribution in [0.15, 0.2) is 48.5 Å². The third-order valence-electron chi connectivity index (χ3n) is 4.21. The van der Waals surface area contributed by atoms with Crippen molar-refractivity contribution >= 4 is 11.9 Å². The van der Waals surface area contributed by atoms with Gasteiger partial charge in [0.25, 0.3) is 0 Å². The van der Waals surface area contributed by atoms with Crippen LogP contribution in [0.2, 0.25) is 0 Å². The second-order valence-corrected chi connectivity index (χ2v) is 6.76. The normalized spacial score (nSPS) is 10.1. The molecule has 8 nitrogen and oxygen atoms in total. The van der Waals surface area contributed by atoms with Gasteiger partial charge in [-0.3, -0.25) is 9.59 Å². The molecule has 32 heavy (non-hydrogen) atoms. The highest BCUT2D eigenvalue weighted by Crippen LogP contribution is 2.13. The van der Waals surface area contributed by atoms with E-state index in [4.69, 9.17) is 29.2 Å². The zero-order chi connectivity index (χ0) is 23.6. The van der Waals surface area contributed by atoms with Crippen LogP contribution in [-0.4, -0.2) is 62.8 Å². The largest absolute Gasteiger partial charge is 0.493 e. The molecule has 0 saturated heterocycles. The Morgan fingerprint density at radius 1 is 0.625 bits per heavy atom. The summed E-state index contributed by atoms with van der Waals surface area (Å²) in [5, 5.41) is 16.9. The van der Waals surface area contributed by atoms with E-state index in [1.54, 1.807) is 14.2 Å². The Kier molecular flexibility index (Phi) is 14.0. The van der Waals surface area contributed by atoms with E-state index in [-0.39, 0.29) is 26.1 Å². The lowest BCUT2D eigenvalue weighted by molar-refractivity contribution is -0.138. The molecule has 0 atom stereocenters. The van der Waals surface area contributed by atoms with Gasteiger partial charge >= 0.3 is 11.9 Å². The molecule has 2 N–H and O–H groups in total. The molecular weight excluding hydrogens is 416 g/mol. The zero-order valence-electron chi connectivity index (χ0n) is 18.6. The van der Waals surface area contributed by atoms with Crippen molar-refractivity contribution in [1.82, 2.24) is 0 Å². The van der Waals surface area contributed by atoms with Gasteiger partial charge in [0.1, 0.15) is 11.5 Å². The minimum Gasteiger partial charge on any atom is -0.493 e. The fourth-order valence-corrected chi connectivity index (χ4v) is 2.46. The first-order chi connectivity index (χ1) is 15.4. The third-order valence-corrected chi connectivity index (χ3v) is 4.21. The van der Waals surface area contributed by atoms with E-state index in [1.807, 2.05) is 48.5 Å². The molecule has 0 spiro atoms. The number of hydrogen-bond acceptors (Lipinski definition) is 6. The summed E-state index contributed by atoms with van der Waals surface area (Å²) in [7, 11) is 3.34. The maximum atomic E-state index is 10.3. The van der Waals surface area contributed by atoms with Gasteiger partial charge in [-0.15, -0.1) is 0 Å². The molecule has 0 aliphatic rings. The number of ether oxygens (including phenoxy) is 4. The predicted octanol–water partition coefficient (Wildman–Crippen LogP) is 3.46. The number of carboxylic acids is 2. The molecule has 2 aromatic rings. The molecule has 176 valence electrons. The van der Waals surface area contributed by atoms with E-state index in [9.17, 15) is 9.59 Å². The van der Waals surface area contributed by atoms with Crippen LogP contribution in [0.4, 0.5) is 0 Å². The summed E-state index contributed by atoms with van der Waals surface area (Å²) in [6.07, 6.45) is 1.77. The molecular formula is C24H32O8. The van der Waals surface area contributed by atoms with E-state index in [1.165, 1.54) is 11.1 Å². The van der Waals surface area contributed by atoms with Crippen LogP contribution in [0.25, 0.3) is 0 Å². The summed E-state index contributed by atoms with van der Waals surface area (Å²) in [5.74, 6) is -0.307. The Morgan fingerprint density at radius 2 is 0.969 bits per heavy atom. The minimum absolute atomic E-state index is 0.0193. The quantitative estimate of drug-likeness (QED) is 0.452. The summed E-state index contributed by atoms with van der Waals surface area (Å²) in [6, 6.07) is 15.2. The lowest BCUT2D eigenvalue weighted by atomic mass is 10.1. The average molecular weight is 449 g/mol. The molecule has 0 fully saturated rings. The highest BCUT2D eigenvalue weighted by atomic mass is 16.5. The Hall–Kier alpha value is -3.10. The van der Waals surface area contributed by atoms with Crippen LogP contribution >= 0.6 is 0 Å².